The molecule has 6 nitrogen and oxygen atoms in total. The van der Waals surface area contributed by atoms with E-state index in [1.165, 1.54) is 4.90 Å². The van der Waals surface area contributed by atoms with Crippen LogP contribution in [0.15, 0.2) is 12.1 Å². The Hall–Kier alpha value is -1.95. The molecule has 0 atom stereocenters. The number of urea groups is 1. The SMILES string of the molecule is O=C1NC2(CCCC2)C(=O)N1Cc1cc(Cl)c2c(c1)OCO2. The molecule has 1 aliphatic carbocycles. The van der Waals surface area contributed by atoms with Crippen molar-refractivity contribution >= 4 is 23.5 Å². The monoisotopic (exact) mass is 322 g/mol. The van der Waals surface area contributed by atoms with Crippen molar-refractivity contribution in [2.24, 2.45) is 0 Å². The van der Waals surface area contributed by atoms with Gasteiger partial charge in [-0.2, -0.15) is 0 Å². The summed E-state index contributed by atoms with van der Waals surface area (Å²) in [5, 5.41) is 3.29. The van der Waals surface area contributed by atoms with Gasteiger partial charge in [-0.05, 0) is 30.5 Å². The summed E-state index contributed by atoms with van der Waals surface area (Å²) < 4.78 is 10.6. The molecule has 0 radical (unpaired) electrons. The fourth-order valence-corrected chi connectivity index (χ4v) is 3.72. The number of hydrogen-bond donors (Lipinski definition) is 1. The van der Waals surface area contributed by atoms with Gasteiger partial charge in [0, 0.05) is 0 Å². The largest absolute Gasteiger partial charge is 0.454 e. The summed E-state index contributed by atoms with van der Waals surface area (Å²) in [6, 6.07) is 3.13. The lowest BCUT2D eigenvalue weighted by Gasteiger charge is -2.20. The van der Waals surface area contributed by atoms with Gasteiger partial charge in [0.05, 0.1) is 11.6 Å². The van der Waals surface area contributed by atoms with Crippen molar-refractivity contribution in [2.75, 3.05) is 6.79 Å². The molecule has 7 heteroatoms. The summed E-state index contributed by atoms with van der Waals surface area (Å²) in [4.78, 5) is 26.1. The number of nitrogens with zero attached hydrogens (tertiary/aromatic N) is 1. The van der Waals surface area contributed by atoms with Crippen molar-refractivity contribution in [1.82, 2.24) is 10.2 Å². The molecule has 116 valence electrons. The Bertz CT molecular complexity index is 670. The van der Waals surface area contributed by atoms with Crippen molar-refractivity contribution < 1.29 is 19.1 Å². The number of halogens is 1. The first kappa shape index (κ1) is 13.7. The number of carbonyl (C=O) groups excluding carboxylic acids is 2. The molecule has 1 spiro atoms. The highest BCUT2D eigenvalue weighted by atomic mass is 35.5. The van der Waals surface area contributed by atoms with Crippen molar-refractivity contribution in [2.45, 2.75) is 37.8 Å². The lowest BCUT2D eigenvalue weighted by Crippen LogP contribution is -2.44. The average Bonchev–Trinajstić information content (AvgIpc) is 3.17. The zero-order chi connectivity index (χ0) is 15.3. The summed E-state index contributed by atoms with van der Waals surface area (Å²) in [5.74, 6) is 0.920. The number of amides is 3. The van der Waals surface area contributed by atoms with Crippen LogP contribution in [0.5, 0.6) is 11.5 Å². The lowest BCUT2D eigenvalue weighted by molar-refractivity contribution is -0.131. The van der Waals surface area contributed by atoms with E-state index in [4.69, 9.17) is 21.1 Å². The first-order valence-corrected chi connectivity index (χ1v) is 7.69. The van der Waals surface area contributed by atoms with Gasteiger partial charge in [0.2, 0.25) is 6.79 Å². The first-order chi connectivity index (χ1) is 10.6. The maximum absolute atomic E-state index is 12.6. The molecule has 22 heavy (non-hydrogen) atoms. The summed E-state index contributed by atoms with van der Waals surface area (Å²) in [7, 11) is 0. The Morgan fingerprint density at radius 2 is 2.00 bits per heavy atom. The Kier molecular flexibility index (Phi) is 2.97. The van der Waals surface area contributed by atoms with Crippen LogP contribution in [0.25, 0.3) is 0 Å². The van der Waals surface area contributed by atoms with Crippen LogP contribution in [-0.2, 0) is 11.3 Å². The number of imide groups is 1. The molecule has 0 bridgehead atoms. The molecule has 1 aromatic rings. The van der Waals surface area contributed by atoms with Crippen LogP contribution >= 0.6 is 11.6 Å². The fourth-order valence-electron chi connectivity index (χ4n) is 3.43. The van der Waals surface area contributed by atoms with Gasteiger partial charge in [-0.1, -0.05) is 24.4 Å². The topological polar surface area (TPSA) is 67.9 Å². The van der Waals surface area contributed by atoms with Gasteiger partial charge in [-0.15, -0.1) is 0 Å². The highest BCUT2D eigenvalue weighted by Gasteiger charge is 2.52. The molecule has 1 aromatic carbocycles. The zero-order valence-electron chi connectivity index (χ0n) is 11.9. The van der Waals surface area contributed by atoms with Gasteiger partial charge in [-0.3, -0.25) is 9.69 Å². The maximum Gasteiger partial charge on any atom is 0.325 e. The van der Waals surface area contributed by atoms with E-state index in [0.29, 0.717) is 16.5 Å². The maximum atomic E-state index is 12.6. The van der Waals surface area contributed by atoms with Crippen LogP contribution in [0.1, 0.15) is 31.2 Å². The highest BCUT2D eigenvalue weighted by Crippen LogP contribution is 2.41. The number of hydrogen-bond acceptors (Lipinski definition) is 4. The third kappa shape index (κ3) is 1.94. The Morgan fingerprint density at radius 3 is 2.77 bits per heavy atom. The van der Waals surface area contributed by atoms with E-state index in [2.05, 4.69) is 5.32 Å². The molecule has 2 fully saturated rings. The second kappa shape index (κ2) is 4.78. The minimum atomic E-state index is -0.683. The van der Waals surface area contributed by atoms with E-state index in [-0.39, 0.29) is 25.3 Å². The molecule has 2 heterocycles. The van der Waals surface area contributed by atoms with E-state index in [0.717, 1.165) is 31.2 Å². The summed E-state index contributed by atoms with van der Waals surface area (Å²) >= 11 is 6.14. The van der Waals surface area contributed by atoms with Gasteiger partial charge < -0.3 is 14.8 Å². The molecule has 1 N–H and O–H groups in total. The number of carbonyl (C=O) groups is 2. The standard InChI is InChI=1S/C15H15ClN2O4/c16-10-5-9(6-11-12(10)22-8-21-11)7-18-13(19)15(17-14(18)20)3-1-2-4-15/h5-6H,1-4,7-8H2,(H,17,20). The number of fused-ring (bicyclic) bond motifs is 1. The van der Waals surface area contributed by atoms with Crippen LogP contribution in [-0.4, -0.2) is 29.2 Å². The molecule has 1 saturated carbocycles. The van der Waals surface area contributed by atoms with Crippen LogP contribution in [0.2, 0.25) is 5.02 Å². The van der Waals surface area contributed by atoms with Gasteiger partial charge in [0.25, 0.3) is 5.91 Å². The molecule has 1 saturated heterocycles. The fraction of sp³-hybridized carbons (Fsp3) is 0.467. The molecule has 0 aromatic heterocycles. The minimum Gasteiger partial charge on any atom is -0.454 e. The molecule has 0 unspecified atom stereocenters. The third-order valence-electron chi connectivity index (χ3n) is 4.53. The predicted octanol–water partition coefficient (Wildman–Crippen LogP) is 2.43. The quantitative estimate of drug-likeness (QED) is 0.849. The molecular formula is C15H15ClN2O4. The van der Waals surface area contributed by atoms with Crippen molar-refractivity contribution in [3.05, 3.63) is 22.7 Å². The summed E-state index contributed by atoms with van der Waals surface area (Å²) in [5.41, 5.74) is 0.0600. The Labute approximate surface area is 132 Å². The second-order valence-corrected chi connectivity index (χ2v) is 6.33. The van der Waals surface area contributed by atoms with Crippen LogP contribution in [0.3, 0.4) is 0 Å². The first-order valence-electron chi connectivity index (χ1n) is 7.31. The number of benzene rings is 1. The van der Waals surface area contributed by atoms with E-state index in [9.17, 15) is 9.59 Å². The number of nitrogens with one attached hydrogen (secondary N) is 1. The minimum absolute atomic E-state index is 0.130. The Balaban J connectivity index is 1.60. The average molecular weight is 323 g/mol. The Morgan fingerprint density at radius 1 is 1.23 bits per heavy atom. The molecule has 4 rings (SSSR count). The highest BCUT2D eigenvalue weighted by molar-refractivity contribution is 6.32. The smallest absolute Gasteiger partial charge is 0.325 e. The second-order valence-electron chi connectivity index (χ2n) is 5.92. The number of ether oxygens (including phenoxy) is 2. The molecular weight excluding hydrogens is 308 g/mol. The van der Waals surface area contributed by atoms with Crippen LogP contribution in [0.4, 0.5) is 4.79 Å². The van der Waals surface area contributed by atoms with Gasteiger partial charge in [0.1, 0.15) is 5.54 Å². The lowest BCUT2D eigenvalue weighted by atomic mass is 9.98. The van der Waals surface area contributed by atoms with Crippen molar-refractivity contribution in [3.8, 4) is 11.5 Å². The molecule has 3 aliphatic rings. The van der Waals surface area contributed by atoms with E-state index in [1.807, 2.05) is 0 Å². The van der Waals surface area contributed by atoms with Crippen molar-refractivity contribution in [3.63, 3.8) is 0 Å². The summed E-state index contributed by atoms with van der Waals surface area (Å²) in [6.45, 7) is 0.313. The van der Waals surface area contributed by atoms with Gasteiger partial charge in [0.15, 0.2) is 11.5 Å². The van der Waals surface area contributed by atoms with Crippen molar-refractivity contribution in [1.29, 1.82) is 0 Å². The number of rotatable bonds is 2. The van der Waals surface area contributed by atoms with E-state index in [1.54, 1.807) is 12.1 Å². The van der Waals surface area contributed by atoms with E-state index >= 15 is 0 Å². The van der Waals surface area contributed by atoms with Crippen LogP contribution in [0, 0.1) is 0 Å². The normalized spacial score (nSPS) is 21.8. The molecule has 3 amide bonds. The predicted molar refractivity (Wildman–Crippen MR) is 77.9 cm³/mol. The van der Waals surface area contributed by atoms with Gasteiger partial charge in [-0.25, -0.2) is 4.79 Å². The zero-order valence-corrected chi connectivity index (χ0v) is 12.6. The van der Waals surface area contributed by atoms with E-state index < -0.39 is 5.54 Å². The third-order valence-corrected chi connectivity index (χ3v) is 4.81. The van der Waals surface area contributed by atoms with Crippen LogP contribution < -0.4 is 14.8 Å². The summed E-state index contributed by atoms with van der Waals surface area (Å²) in [6.07, 6.45) is 3.37. The van der Waals surface area contributed by atoms with Gasteiger partial charge >= 0.3 is 6.03 Å². The molecule has 2 aliphatic heterocycles.